The van der Waals surface area contributed by atoms with Crippen LogP contribution in [0.2, 0.25) is 0 Å². The second-order valence-electron chi connectivity index (χ2n) is 5.21. The molecule has 0 aliphatic carbocycles. The number of methoxy groups -OCH3 is 1. The van der Waals surface area contributed by atoms with Gasteiger partial charge in [0.2, 0.25) is 0 Å². The average molecular weight is 352 g/mol. The van der Waals surface area contributed by atoms with E-state index >= 15 is 0 Å². The fourth-order valence-electron chi connectivity index (χ4n) is 2.77. The summed E-state index contributed by atoms with van der Waals surface area (Å²) in [6.45, 7) is 4.17. The number of likely N-dealkylation sites (N-methyl/N-ethyl adjacent to an activating group) is 1. The molecule has 0 saturated carbocycles. The van der Waals surface area contributed by atoms with Crippen molar-refractivity contribution in [2.24, 2.45) is 7.05 Å². The molecule has 0 amide bonds. The SMILES string of the molecule is CNC(Cc1cc(Br)ccc1OC)c1c(C)nn(C)c1C. The van der Waals surface area contributed by atoms with Crippen LogP contribution < -0.4 is 10.1 Å². The molecule has 114 valence electrons. The Kier molecular flexibility index (Phi) is 5.06. The largest absolute Gasteiger partial charge is 0.496 e. The van der Waals surface area contributed by atoms with Crippen LogP contribution in [-0.2, 0) is 13.5 Å². The Morgan fingerprint density at radius 2 is 2.10 bits per heavy atom. The third-order valence-electron chi connectivity index (χ3n) is 3.93. The van der Waals surface area contributed by atoms with Crippen LogP contribution in [0.1, 0.15) is 28.6 Å². The monoisotopic (exact) mass is 351 g/mol. The highest BCUT2D eigenvalue weighted by molar-refractivity contribution is 9.10. The number of ether oxygens (including phenoxy) is 1. The summed E-state index contributed by atoms with van der Waals surface area (Å²) in [5.41, 5.74) is 4.71. The molecule has 1 aromatic carbocycles. The summed E-state index contributed by atoms with van der Waals surface area (Å²) >= 11 is 3.53. The minimum atomic E-state index is 0.210. The van der Waals surface area contributed by atoms with Crippen LogP contribution in [0.4, 0.5) is 0 Å². The van der Waals surface area contributed by atoms with Crippen molar-refractivity contribution in [3.05, 3.63) is 45.2 Å². The normalized spacial score (nSPS) is 12.5. The van der Waals surface area contributed by atoms with E-state index in [0.717, 1.165) is 22.3 Å². The molecule has 0 bridgehead atoms. The van der Waals surface area contributed by atoms with E-state index in [1.165, 1.54) is 16.8 Å². The molecule has 0 aliphatic heterocycles. The van der Waals surface area contributed by atoms with E-state index < -0.39 is 0 Å². The molecule has 1 aromatic heterocycles. The molecule has 1 N–H and O–H groups in total. The van der Waals surface area contributed by atoms with Gasteiger partial charge in [-0.1, -0.05) is 15.9 Å². The van der Waals surface area contributed by atoms with Gasteiger partial charge in [-0.05, 0) is 51.1 Å². The molecule has 21 heavy (non-hydrogen) atoms. The van der Waals surface area contributed by atoms with Crippen molar-refractivity contribution in [2.75, 3.05) is 14.2 Å². The van der Waals surface area contributed by atoms with Crippen LogP contribution in [0.15, 0.2) is 22.7 Å². The zero-order valence-corrected chi connectivity index (χ0v) is 14.8. The molecular weight excluding hydrogens is 330 g/mol. The molecule has 0 spiro atoms. The summed E-state index contributed by atoms with van der Waals surface area (Å²) in [5.74, 6) is 0.914. The van der Waals surface area contributed by atoms with Gasteiger partial charge in [-0.15, -0.1) is 0 Å². The lowest BCUT2D eigenvalue weighted by Crippen LogP contribution is -2.20. The van der Waals surface area contributed by atoms with Gasteiger partial charge in [0, 0.05) is 28.8 Å². The first-order valence-electron chi connectivity index (χ1n) is 6.97. The van der Waals surface area contributed by atoms with Gasteiger partial charge in [0.15, 0.2) is 0 Å². The number of rotatable bonds is 5. The van der Waals surface area contributed by atoms with Gasteiger partial charge in [0.05, 0.1) is 12.8 Å². The van der Waals surface area contributed by atoms with Gasteiger partial charge >= 0.3 is 0 Å². The van der Waals surface area contributed by atoms with Crippen molar-refractivity contribution in [2.45, 2.75) is 26.3 Å². The molecule has 0 saturated heterocycles. The fraction of sp³-hybridized carbons (Fsp3) is 0.438. The molecular formula is C16H22BrN3O. The van der Waals surface area contributed by atoms with E-state index in [4.69, 9.17) is 4.74 Å². The third kappa shape index (κ3) is 3.30. The van der Waals surface area contributed by atoms with Crippen molar-refractivity contribution in [3.63, 3.8) is 0 Å². The minimum Gasteiger partial charge on any atom is -0.496 e. The highest BCUT2D eigenvalue weighted by Crippen LogP contribution is 2.30. The molecule has 5 heteroatoms. The van der Waals surface area contributed by atoms with Crippen LogP contribution in [0, 0.1) is 13.8 Å². The molecule has 1 atom stereocenters. The molecule has 0 radical (unpaired) electrons. The first kappa shape index (κ1) is 16.0. The predicted molar refractivity (Wildman–Crippen MR) is 88.9 cm³/mol. The second kappa shape index (κ2) is 6.62. The van der Waals surface area contributed by atoms with Crippen molar-refractivity contribution in [1.82, 2.24) is 15.1 Å². The lowest BCUT2D eigenvalue weighted by molar-refractivity contribution is 0.406. The summed E-state index contributed by atoms with van der Waals surface area (Å²) in [7, 11) is 5.68. The van der Waals surface area contributed by atoms with E-state index in [9.17, 15) is 0 Å². The van der Waals surface area contributed by atoms with Gasteiger partial charge < -0.3 is 10.1 Å². The van der Waals surface area contributed by atoms with E-state index in [2.05, 4.69) is 46.3 Å². The van der Waals surface area contributed by atoms with Gasteiger partial charge in [-0.2, -0.15) is 5.10 Å². The zero-order valence-electron chi connectivity index (χ0n) is 13.2. The highest BCUT2D eigenvalue weighted by atomic mass is 79.9. The van der Waals surface area contributed by atoms with Crippen LogP contribution >= 0.6 is 15.9 Å². The number of nitrogens with zero attached hydrogens (tertiary/aromatic N) is 2. The second-order valence-corrected chi connectivity index (χ2v) is 6.13. The number of nitrogens with one attached hydrogen (secondary N) is 1. The van der Waals surface area contributed by atoms with E-state index in [1.54, 1.807) is 7.11 Å². The first-order valence-corrected chi connectivity index (χ1v) is 7.77. The maximum atomic E-state index is 5.48. The predicted octanol–water partition coefficient (Wildman–Crippen LogP) is 3.31. The van der Waals surface area contributed by atoms with E-state index in [-0.39, 0.29) is 6.04 Å². The molecule has 0 fully saturated rings. The van der Waals surface area contributed by atoms with Gasteiger partial charge in [0.1, 0.15) is 5.75 Å². The summed E-state index contributed by atoms with van der Waals surface area (Å²) in [5, 5.41) is 7.93. The van der Waals surface area contributed by atoms with Gasteiger partial charge in [-0.3, -0.25) is 4.68 Å². The first-order chi connectivity index (χ1) is 9.97. The summed E-state index contributed by atoms with van der Waals surface area (Å²) in [6.07, 6.45) is 0.854. The van der Waals surface area contributed by atoms with Crippen LogP contribution in [0.5, 0.6) is 5.75 Å². The quantitative estimate of drug-likeness (QED) is 0.897. The van der Waals surface area contributed by atoms with Crippen molar-refractivity contribution >= 4 is 15.9 Å². The number of halogens is 1. The van der Waals surface area contributed by atoms with Gasteiger partial charge in [-0.25, -0.2) is 0 Å². The molecule has 2 aromatic rings. The topological polar surface area (TPSA) is 39.1 Å². The van der Waals surface area contributed by atoms with Crippen LogP contribution in [0.25, 0.3) is 0 Å². The number of aromatic nitrogens is 2. The molecule has 1 heterocycles. The Morgan fingerprint density at radius 1 is 1.38 bits per heavy atom. The van der Waals surface area contributed by atoms with E-state index in [1.807, 2.05) is 30.9 Å². The molecule has 1 unspecified atom stereocenters. The van der Waals surface area contributed by atoms with Crippen LogP contribution in [0.3, 0.4) is 0 Å². The summed E-state index contributed by atoms with van der Waals surface area (Å²) in [4.78, 5) is 0. The molecule has 0 aliphatic rings. The minimum absolute atomic E-state index is 0.210. The number of hydrogen-bond acceptors (Lipinski definition) is 3. The summed E-state index contributed by atoms with van der Waals surface area (Å²) in [6, 6.07) is 6.32. The number of hydrogen-bond donors (Lipinski definition) is 1. The van der Waals surface area contributed by atoms with Crippen LogP contribution in [-0.4, -0.2) is 23.9 Å². The zero-order chi connectivity index (χ0) is 15.6. The molecule has 4 nitrogen and oxygen atoms in total. The lowest BCUT2D eigenvalue weighted by atomic mass is 9.97. The Hall–Kier alpha value is -1.33. The maximum Gasteiger partial charge on any atom is 0.122 e. The summed E-state index contributed by atoms with van der Waals surface area (Å²) < 4.78 is 8.48. The maximum absolute atomic E-state index is 5.48. The number of aryl methyl sites for hydroxylation is 2. The van der Waals surface area contributed by atoms with Crippen molar-refractivity contribution in [1.29, 1.82) is 0 Å². The molecule has 2 rings (SSSR count). The van der Waals surface area contributed by atoms with Crippen molar-refractivity contribution < 1.29 is 4.74 Å². The fourth-order valence-corrected chi connectivity index (χ4v) is 3.18. The number of benzene rings is 1. The Labute approximate surface area is 134 Å². The Bertz CT molecular complexity index is 637. The van der Waals surface area contributed by atoms with Gasteiger partial charge in [0.25, 0.3) is 0 Å². The van der Waals surface area contributed by atoms with E-state index in [0.29, 0.717) is 0 Å². The average Bonchev–Trinajstić information content (AvgIpc) is 2.70. The highest BCUT2D eigenvalue weighted by Gasteiger charge is 2.20. The Balaban J connectivity index is 2.38. The standard InChI is InChI=1S/C16H22BrN3O/c1-10-16(11(2)20(4)19-10)14(18-3)9-12-8-13(17)6-7-15(12)21-5/h6-8,14,18H,9H2,1-5H3. The smallest absolute Gasteiger partial charge is 0.122 e. The van der Waals surface area contributed by atoms with Crippen molar-refractivity contribution in [3.8, 4) is 5.75 Å². The lowest BCUT2D eigenvalue weighted by Gasteiger charge is -2.19. The Morgan fingerprint density at radius 3 is 2.62 bits per heavy atom. The third-order valence-corrected chi connectivity index (χ3v) is 4.42.